The summed E-state index contributed by atoms with van der Waals surface area (Å²) in [6, 6.07) is 0. The van der Waals surface area contributed by atoms with Gasteiger partial charge in [0.05, 0.1) is 0 Å². The van der Waals surface area contributed by atoms with Crippen LogP contribution in [-0.2, 0) is 0 Å². The molecule has 0 aromatic carbocycles. The number of hydrogen-bond donors (Lipinski definition) is 2. The van der Waals surface area contributed by atoms with Gasteiger partial charge in [-0.1, -0.05) is 104 Å². The van der Waals surface area contributed by atoms with Crippen molar-refractivity contribution in [1.29, 1.82) is 0 Å². The van der Waals surface area contributed by atoms with Gasteiger partial charge in [-0.15, -0.1) is 0 Å². The number of unbranched alkanes of at least 4 members (excludes halogenated alkanes) is 12. The molecule has 0 saturated carbocycles. The van der Waals surface area contributed by atoms with E-state index in [-0.39, 0.29) is 5.92 Å². The van der Waals surface area contributed by atoms with Crippen molar-refractivity contribution in [2.24, 2.45) is 5.92 Å². The molecule has 0 rings (SSSR count). The quantitative estimate of drug-likeness (QED) is 0.234. The van der Waals surface area contributed by atoms with E-state index in [1.54, 1.807) is 6.92 Å². The summed E-state index contributed by atoms with van der Waals surface area (Å²) in [5, 5.41) is 19.9. The van der Waals surface area contributed by atoms with Crippen LogP contribution in [0.5, 0.6) is 0 Å². The first-order valence-electron chi connectivity index (χ1n) is 10.5. The van der Waals surface area contributed by atoms with Crippen LogP contribution in [0.1, 0.15) is 124 Å². The fourth-order valence-corrected chi connectivity index (χ4v) is 3.39. The van der Waals surface area contributed by atoms with Gasteiger partial charge in [-0.25, -0.2) is 0 Å². The first kappa shape index (κ1) is 22.9. The highest BCUT2D eigenvalue weighted by atomic mass is 16.5. The number of hydrogen-bond acceptors (Lipinski definition) is 2. The van der Waals surface area contributed by atoms with Gasteiger partial charge in [0.2, 0.25) is 0 Å². The topological polar surface area (TPSA) is 40.5 Å². The third-order valence-electron chi connectivity index (χ3n) is 5.09. The van der Waals surface area contributed by atoms with Crippen molar-refractivity contribution < 1.29 is 10.2 Å². The van der Waals surface area contributed by atoms with Crippen LogP contribution in [0.15, 0.2) is 0 Å². The van der Waals surface area contributed by atoms with E-state index in [4.69, 9.17) is 0 Å². The minimum Gasteiger partial charge on any atom is -0.366 e. The lowest BCUT2D eigenvalue weighted by Gasteiger charge is -2.28. The Bertz CT molecular complexity index is 232. The third-order valence-corrected chi connectivity index (χ3v) is 5.09. The molecule has 0 spiro atoms. The second kappa shape index (κ2) is 15.4. The highest BCUT2D eigenvalue weighted by molar-refractivity contribution is 4.71. The summed E-state index contributed by atoms with van der Waals surface area (Å²) in [6.07, 6.45) is 20.0. The summed E-state index contributed by atoms with van der Waals surface area (Å²) in [7, 11) is 0. The molecule has 2 heteroatoms. The molecule has 0 saturated heterocycles. The van der Waals surface area contributed by atoms with Crippen LogP contribution in [-0.4, -0.2) is 16.0 Å². The summed E-state index contributed by atoms with van der Waals surface area (Å²) in [4.78, 5) is 0. The molecule has 2 nitrogen and oxygen atoms in total. The molecule has 0 aromatic heterocycles. The van der Waals surface area contributed by atoms with E-state index < -0.39 is 5.79 Å². The molecule has 0 heterocycles. The number of rotatable bonds is 17. The van der Waals surface area contributed by atoms with Crippen LogP contribution in [0.2, 0.25) is 0 Å². The van der Waals surface area contributed by atoms with E-state index in [0.29, 0.717) is 0 Å². The Morgan fingerprint density at radius 2 is 0.870 bits per heavy atom. The summed E-state index contributed by atoms with van der Waals surface area (Å²) >= 11 is 0. The maximum absolute atomic E-state index is 9.97. The van der Waals surface area contributed by atoms with Crippen LogP contribution < -0.4 is 0 Å². The zero-order valence-electron chi connectivity index (χ0n) is 16.3. The smallest absolute Gasteiger partial charge is 0.162 e. The van der Waals surface area contributed by atoms with Gasteiger partial charge < -0.3 is 10.2 Å². The minimum absolute atomic E-state index is 0.0498. The van der Waals surface area contributed by atoms with E-state index in [0.717, 1.165) is 25.7 Å². The summed E-state index contributed by atoms with van der Waals surface area (Å²) in [5.74, 6) is -1.45. The van der Waals surface area contributed by atoms with Gasteiger partial charge in [-0.2, -0.15) is 0 Å². The van der Waals surface area contributed by atoms with Crippen LogP contribution in [0.4, 0.5) is 0 Å². The van der Waals surface area contributed by atoms with Crippen LogP contribution in [0, 0.1) is 5.92 Å². The lowest BCUT2D eigenvalue weighted by molar-refractivity contribution is -0.188. The van der Waals surface area contributed by atoms with Gasteiger partial charge in [-0.3, -0.25) is 0 Å². The molecule has 0 aliphatic rings. The van der Waals surface area contributed by atoms with Gasteiger partial charge >= 0.3 is 0 Å². The fourth-order valence-electron chi connectivity index (χ4n) is 3.39. The Hall–Kier alpha value is -0.0800. The molecule has 0 aliphatic heterocycles. The Kier molecular flexibility index (Phi) is 15.4. The molecule has 0 radical (unpaired) electrons. The van der Waals surface area contributed by atoms with Crippen molar-refractivity contribution in [3.8, 4) is 0 Å². The molecule has 1 atom stereocenters. The normalized spacial score (nSPS) is 13.4. The average Bonchev–Trinajstić information content (AvgIpc) is 2.50. The highest BCUT2D eigenvalue weighted by Gasteiger charge is 2.27. The minimum atomic E-state index is -1.50. The molecule has 0 aliphatic carbocycles. The average molecular weight is 329 g/mol. The molecule has 140 valence electrons. The molecular formula is C21H44O2. The molecule has 0 aromatic rings. The predicted octanol–water partition coefficient (Wildman–Crippen LogP) is 6.58. The van der Waals surface area contributed by atoms with Crippen molar-refractivity contribution in [1.82, 2.24) is 0 Å². The van der Waals surface area contributed by atoms with Crippen molar-refractivity contribution in [3.63, 3.8) is 0 Å². The van der Waals surface area contributed by atoms with Crippen molar-refractivity contribution >= 4 is 0 Å². The van der Waals surface area contributed by atoms with Gasteiger partial charge in [0.1, 0.15) is 0 Å². The first-order chi connectivity index (χ1) is 11.0. The molecule has 23 heavy (non-hydrogen) atoms. The lowest BCUT2D eigenvalue weighted by atomic mass is 9.88. The van der Waals surface area contributed by atoms with E-state index in [1.807, 2.05) is 0 Å². The monoisotopic (exact) mass is 328 g/mol. The Balaban J connectivity index is 3.69. The fraction of sp³-hybridized carbons (Fsp3) is 1.00. The van der Waals surface area contributed by atoms with E-state index in [9.17, 15) is 10.2 Å². The van der Waals surface area contributed by atoms with E-state index in [1.165, 1.54) is 77.0 Å². The standard InChI is InChI=1S/C21H44O2/c1-4-6-8-10-12-13-15-17-19-20(21(3,22)23)18-16-14-11-9-7-5-2/h20,22-23H,4-19H2,1-3H3. The maximum Gasteiger partial charge on any atom is 0.162 e. The molecule has 1 unspecified atom stereocenters. The van der Waals surface area contributed by atoms with E-state index >= 15 is 0 Å². The zero-order chi connectivity index (χ0) is 17.4. The maximum atomic E-state index is 9.97. The van der Waals surface area contributed by atoms with Crippen molar-refractivity contribution in [3.05, 3.63) is 0 Å². The van der Waals surface area contributed by atoms with Crippen LogP contribution in [0.25, 0.3) is 0 Å². The molecule has 0 amide bonds. The van der Waals surface area contributed by atoms with Crippen molar-refractivity contribution in [2.75, 3.05) is 0 Å². The summed E-state index contributed by atoms with van der Waals surface area (Å²) in [6.45, 7) is 6.06. The Labute approximate surface area is 146 Å². The molecule has 0 bridgehead atoms. The zero-order valence-corrected chi connectivity index (χ0v) is 16.3. The van der Waals surface area contributed by atoms with Crippen molar-refractivity contribution in [2.45, 2.75) is 129 Å². The third kappa shape index (κ3) is 15.2. The van der Waals surface area contributed by atoms with Gasteiger partial charge in [0.15, 0.2) is 5.79 Å². The largest absolute Gasteiger partial charge is 0.366 e. The number of aliphatic hydroxyl groups is 2. The SMILES string of the molecule is CCCCCCCCCCC(CCCCCCCC)C(C)(O)O. The second-order valence-corrected chi connectivity index (χ2v) is 7.61. The summed E-state index contributed by atoms with van der Waals surface area (Å²) in [5.41, 5.74) is 0. The second-order valence-electron chi connectivity index (χ2n) is 7.61. The lowest BCUT2D eigenvalue weighted by Crippen LogP contribution is -2.34. The van der Waals surface area contributed by atoms with Crippen LogP contribution in [0.3, 0.4) is 0 Å². The van der Waals surface area contributed by atoms with Gasteiger partial charge in [0, 0.05) is 5.92 Å². The summed E-state index contributed by atoms with van der Waals surface area (Å²) < 4.78 is 0. The first-order valence-corrected chi connectivity index (χ1v) is 10.5. The molecular weight excluding hydrogens is 284 g/mol. The Morgan fingerprint density at radius 3 is 1.17 bits per heavy atom. The van der Waals surface area contributed by atoms with Gasteiger partial charge in [0.25, 0.3) is 0 Å². The molecule has 0 fully saturated rings. The predicted molar refractivity (Wildman–Crippen MR) is 102 cm³/mol. The highest BCUT2D eigenvalue weighted by Crippen LogP contribution is 2.27. The van der Waals surface area contributed by atoms with E-state index in [2.05, 4.69) is 13.8 Å². The Morgan fingerprint density at radius 1 is 0.565 bits per heavy atom. The van der Waals surface area contributed by atoms with Gasteiger partial charge in [-0.05, 0) is 19.8 Å². The molecule has 2 N–H and O–H groups in total. The van der Waals surface area contributed by atoms with Crippen LogP contribution >= 0.6 is 0 Å².